The van der Waals surface area contributed by atoms with Gasteiger partial charge in [-0.25, -0.2) is 4.39 Å². The van der Waals surface area contributed by atoms with Gasteiger partial charge in [-0.3, -0.25) is 14.2 Å². The summed E-state index contributed by atoms with van der Waals surface area (Å²) in [6.07, 6.45) is 1.53. The smallest absolute Gasteiger partial charge is 0.267 e. The maximum absolute atomic E-state index is 12.8. The Bertz CT molecular complexity index is 633. The largest absolute Gasteiger partial charge is 0.355 e. The maximum Gasteiger partial charge on any atom is 0.267 e. The van der Waals surface area contributed by atoms with Crippen molar-refractivity contribution in [3.8, 4) is 5.69 Å². The summed E-state index contributed by atoms with van der Waals surface area (Å²) in [6.45, 7) is 4.00. The molecule has 0 atom stereocenters. The highest BCUT2D eigenvalue weighted by molar-refractivity contribution is 5.93. The van der Waals surface area contributed by atoms with Crippen molar-refractivity contribution < 1.29 is 9.18 Å². The zero-order valence-electron chi connectivity index (χ0n) is 11.7. The number of carbonyl (C=O) groups excluding carboxylic acids is 1. The van der Waals surface area contributed by atoms with Crippen LogP contribution < -0.4 is 10.9 Å². The Morgan fingerprint density at radius 1 is 1.15 bits per heavy atom. The quantitative estimate of drug-likeness (QED) is 0.915. The number of carbonyl (C=O) groups is 1. The molecular weight excluding hydrogens is 259 g/mol. The number of hydrogen-bond acceptors (Lipinski definition) is 2. The van der Waals surface area contributed by atoms with Crippen LogP contribution in [0.1, 0.15) is 24.2 Å². The highest BCUT2D eigenvalue weighted by Gasteiger charge is 2.10. The van der Waals surface area contributed by atoms with Crippen LogP contribution in [0.25, 0.3) is 5.69 Å². The topological polar surface area (TPSA) is 51.1 Å². The summed E-state index contributed by atoms with van der Waals surface area (Å²) in [5.74, 6) is -0.828. The molecule has 1 aromatic heterocycles. The van der Waals surface area contributed by atoms with Gasteiger partial charge < -0.3 is 5.32 Å². The van der Waals surface area contributed by atoms with E-state index in [9.17, 15) is 14.0 Å². The summed E-state index contributed by atoms with van der Waals surface area (Å²) in [5, 5.41) is 2.40. The van der Waals surface area contributed by atoms with E-state index in [4.69, 9.17) is 0 Å². The highest BCUT2D eigenvalue weighted by Crippen LogP contribution is 2.07. The fraction of sp³-hybridized carbons (Fsp3) is 0.200. The lowest BCUT2D eigenvalue weighted by atomic mass is 10.2. The molecular formula is C15H17FN2O2. The number of hydrogen-bond donors (Lipinski definition) is 1. The fourth-order valence-electron chi connectivity index (χ4n) is 1.61. The van der Waals surface area contributed by atoms with Gasteiger partial charge in [-0.2, -0.15) is 0 Å². The van der Waals surface area contributed by atoms with E-state index >= 15 is 0 Å². The predicted molar refractivity (Wildman–Crippen MR) is 76.7 cm³/mol. The van der Waals surface area contributed by atoms with Crippen LogP contribution in [0.15, 0.2) is 47.4 Å². The van der Waals surface area contributed by atoms with Crippen LogP contribution in [0.5, 0.6) is 0 Å². The van der Waals surface area contributed by atoms with Crippen molar-refractivity contribution in [1.29, 1.82) is 0 Å². The average molecular weight is 276 g/mol. The Morgan fingerprint density at radius 2 is 1.75 bits per heavy atom. The first-order chi connectivity index (χ1) is 9.63. The fourth-order valence-corrected chi connectivity index (χ4v) is 1.61. The molecule has 0 bridgehead atoms. The van der Waals surface area contributed by atoms with Crippen molar-refractivity contribution in [1.82, 2.24) is 9.88 Å². The Balaban J connectivity index is 0.000000956. The Hall–Kier alpha value is -2.43. The van der Waals surface area contributed by atoms with Crippen LogP contribution in [0.2, 0.25) is 0 Å². The summed E-state index contributed by atoms with van der Waals surface area (Å²) in [4.78, 5) is 23.6. The Labute approximate surface area is 116 Å². The summed E-state index contributed by atoms with van der Waals surface area (Å²) in [7, 11) is 1.46. The van der Waals surface area contributed by atoms with Gasteiger partial charge in [0.15, 0.2) is 0 Å². The van der Waals surface area contributed by atoms with Crippen molar-refractivity contribution in [3.05, 3.63) is 64.3 Å². The van der Waals surface area contributed by atoms with Crippen LogP contribution >= 0.6 is 0 Å². The third-order valence-corrected chi connectivity index (χ3v) is 2.52. The van der Waals surface area contributed by atoms with Gasteiger partial charge in [0.2, 0.25) is 0 Å². The molecule has 4 nitrogen and oxygen atoms in total. The monoisotopic (exact) mass is 276 g/mol. The first kappa shape index (κ1) is 15.6. The van der Waals surface area contributed by atoms with E-state index in [1.807, 2.05) is 13.8 Å². The summed E-state index contributed by atoms with van der Waals surface area (Å²) in [5.41, 5.74) is 0.111. The minimum Gasteiger partial charge on any atom is -0.355 e. The van der Waals surface area contributed by atoms with Crippen molar-refractivity contribution in [3.63, 3.8) is 0 Å². The molecule has 20 heavy (non-hydrogen) atoms. The molecule has 0 aliphatic heterocycles. The predicted octanol–water partition coefficient (Wildman–Crippen LogP) is 2.36. The van der Waals surface area contributed by atoms with Gasteiger partial charge in [0.1, 0.15) is 11.4 Å². The van der Waals surface area contributed by atoms with Crippen LogP contribution in [0.4, 0.5) is 4.39 Å². The molecule has 5 heteroatoms. The second-order valence-corrected chi connectivity index (χ2v) is 3.65. The number of aromatic nitrogens is 1. The molecule has 2 aromatic rings. The Morgan fingerprint density at radius 3 is 2.30 bits per heavy atom. The van der Waals surface area contributed by atoms with Crippen LogP contribution in [-0.4, -0.2) is 17.5 Å². The van der Waals surface area contributed by atoms with Gasteiger partial charge in [-0.1, -0.05) is 13.8 Å². The van der Waals surface area contributed by atoms with Gasteiger partial charge in [0.05, 0.1) is 0 Å². The summed E-state index contributed by atoms with van der Waals surface area (Å²) >= 11 is 0. The molecule has 1 aromatic carbocycles. The molecule has 0 aliphatic carbocycles. The molecule has 2 rings (SSSR count). The molecule has 0 spiro atoms. The Kier molecular flexibility index (Phi) is 5.65. The van der Waals surface area contributed by atoms with Crippen LogP contribution in [0.3, 0.4) is 0 Å². The molecule has 0 saturated carbocycles. The standard InChI is InChI=1S/C13H11FN2O2.C2H6/c1-15-12(17)11-3-2-8-16(13(11)18)10-6-4-9(14)5-7-10;1-2/h2-8H,1H3,(H,15,17);1-2H3. The second-order valence-electron chi connectivity index (χ2n) is 3.65. The first-order valence-electron chi connectivity index (χ1n) is 6.33. The zero-order valence-corrected chi connectivity index (χ0v) is 11.7. The molecule has 106 valence electrons. The van der Waals surface area contributed by atoms with Crippen LogP contribution in [-0.2, 0) is 0 Å². The molecule has 1 N–H and O–H groups in total. The molecule has 1 amide bonds. The van der Waals surface area contributed by atoms with Gasteiger partial charge in [0, 0.05) is 18.9 Å². The van der Waals surface area contributed by atoms with E-state index in [0.29, 0.717) is 5.69 Å². The minimum absolute atomic E-state index is 0.0457. The van der Waals surface area contributed by atoms with E-state index in [1.54, 1.807) is 6.07 Å². The van der Waals surface area contributed by atoms with Gasteiger partial charge in [-0.05, 0) is 36.4 Å². The normalized spacial score (nSPS) is 9.40. The number of nitrogens with zero attached hydrogens (tertiary/aromatic N) is 1. The van der Waals surface area contributed by atoms with Gasteiger partial charge in [-0.15, -0.1) is 0 Å². The molecule has 0 aliphatic rings. The number of nitrogens with one attached hydrogen (secondary N) is 1. The minimum atomic E-state index is -0.448. The van der Waals surface area contributed by atoms with E-state index in [0.717, 1.165) is 0 Å². The summed E-state index contributed by atoms with van der Waals surface area (Å²) in [6, 6.07) is 8.51. The van der Waals surface area contributed by atoms with E-state index in [1.165, 1.54) is 48.1 Å². The molecule has 0 radical (unpaired) electrons. The van der Waals surface area contributed by atoms with Crippen molar-refractivity contribution in [2.45, 2.75) is 13.8 Å². The van der Waals surface area contributed by atoms with E-state index in [2.05, 4.69) is 5.32 Å². The zero-order chi connectivity index (χ0) is 15.1. The lowest BCUT2D eigenvalue weighted by molar-refractivity contribution is 0.0961. The first-order valence-corrected chi connectivity index (χ1v) is 6.33. The van der Waals surface area contributed by atoms with Crippen molar-refractivity contribution in [2.24, 2.45) is 0 Å². The van der Waals surface area contributed by atoms with Crippen molar-refractivity contribution >= 4 is 5.91 Å². The van der Waals surface area contributed by atoms with Crippen LogP contribution in [0, 0.1) is 5.82 Å². The third-order valence-electron chi connectivity index (χ3n) is 2.52. The number of amides is 1. The lowest BCUT2D eigenvalue weighted by Crippen LogP contribution is -2.30. The van der Waals surface area contributed by atoms with Gasteiger partial charge in [0.25, 0.3) is 11.5 Å². The number of halogens is 1. The molecule has 0 saturated heterocycles. The second kappa shape index (κ2) is 7.23. The molecule has 1 heterocycles. The van der Waals surface area contributed by atoms with Crippen molar-refractivity contribution in [2.75, 3.05) is 7.05 Å². The average Bonchev–Trinajstić information content (AvgIpc) is 2.50. The van der Waals surface area contributed by atoms with E-state index in [-0.39, 0.29) is 11.4 Å². The maximum atomic E-state index is 12.8. The van der Waals surface area contributed by atoms with Gasteiger partial charge >= 0.3 is 0 Å². The molecule has 0 unspecified atom stereocenters. The lowest BCUT2D eigenvalue weighted by Gasteiger charge is -2.07. The highest BCUT2D eigenvalue weighted by atomic mass is 19.1. The third kappa shape index (κ3) is 3.32. The number of rotatable bonds is 2. The van der Waals surface area contributed by atoms with E-state index < -0.39 is 11.5 Å². The number of benzene rings is 1. The SMILES string of the molecule is CC.CNC(=O)c1cccn(-c2ccc(F)cc2)c1=O. The summed E-state index contributed by atoms with van der Waals surface area (Å²) < 4.78 is 14.1. The molecule has 0 fully saturated rings. The number of pyridine rings is 1.